The molecule has 0 radical (unpaired) electrons. The van der Waals surface area contributed by atoms with Crippen LogP contribution in [-0.4, -0.2) is 12.2 Å². The van der Waals surface area contributed by atoms with Crippen molar-refractivity contribution in [1.29, 1.82) is 0 Å². The van der Waals surface area contributed by atoms with Crippen LogP contribution < -0.4 is 4.74 Å². The molecule has 0 spiro atoms. The molecule has 3 aromatic rings. The van der Waals surface area contributed by atoms with Crippen LogP contribution in [0, 0.1) is 0 Å². The van der Waals surface area contributed by atoms with Crippen molar-refractivity contribution >= 4 is 28.1 Å². The summed E-state index contributed by atoms with van der Waals surface area (Å²) in [5.74, 6) is 0.772. The minimum absolute atomic E-state index is 0.107. The molecule has 0 saturated carbocycles. The van der Waals surface area contributed by atoms with Crippen molar-refractivity contribution in [3.8, 4) is 11.5 Å². The average Bonchev–Trinajstić information content (AvgIpc) is 2.58. The largest absolute Gasteiger partial charge is 0.506 e. The molecular weight excluding hydrogens is 312 g/mol. The van der Waals surface area contributed by atoms with Gasteiger partial charge in [-0.1, -0.05) is 48.0 Å². The van der Waals surface area contributed by atoms with E-state index in [-0.39, 0.29) is 5.75 Å². The Bertz CT molecular complexity index is 878. The highest BCUT2D eigenvalue weighted by Gasteiger charge is 2.06. The van der Waals surface area contributed by atoms with Crippen LogP contribution in [0.25, 0.3) is 10.8 Å². The van der Waals surface area contributed by atoms with Gasteiger partial charge in [0.05, 0.1) is 13.7 Å². The first-order valence-corrected chi connectivity index (χ1v) is 7.47. The summed E-state index contributed by atoms with van der Waals surface area (Å²) in [5, 5.41) is 20.9. The number of hydrogen-bond donors (Lipinski definition) is 1. The molecule has 116 valence electrons. The molecule has 0 aliphatic rings. The fraction of sp³-hybridized carbons (Fsp3) is 0.111. The molecule has 4 nitrogen and oxygen atoms in total. The van der Waals surface area contributed by atoms with E-state index in [1.165, 1.54) is 0 Å². The Morgan fingerprint density at radius 3 is 2.74 bits per heavy atom. The smallest absolute Gasteiger partial charge is 0.143 e. The standard InChI is InChI=1S/C18H15ClN2O2/c1-23-17-10-14(19)8-6-13(17)11-20-21-18-15-5-3-2-4-12(15)7-9-16(18)22/h2-10,22H,11H2,1H3. The highest BCUT2D eigenvalue weighted by atomic mass is 35.5. The van der Waals surface area contributed by atoms with E-state index < -0.39 is 0 Å². The molecule has 0 bridgehead atoms. The lowest BCUT2D eigenvalue weighted by molar-refractivity contribution is 0.409. The normalized spacial score (nSPS) is 11.2. The Hall–Kier alpha value is -2.59. The van der Waals surface area contributed by atoms with Crippen LogP contribution in [0.15, 0.2) is 64.8 Å². The number of methoxy groups -OCH3 is 1. The number of benzene rings is 3. The van der Waals surface area contributed by atoms with Gasteiger partial charge >= 0.3 is 0 Å². The van der Waals surface area contributed by atoms with E-state index in [4.69, 9.17) is 16.3 Å². The summed E-state index contributed by atoms with van der Waals surface area (Å²) in [6.07, 6.45) is 0. The zero-order valence-electron chi connectivity index (χ0n) is 12.5. The second-order valence-corrected chi connectivity index (χ2v) is 5.45. The number of phenolic OH excluding ortho intramolecular Hbond substituents is 1. The van der Waals surface area contributed by atoms with Crippen LogP contribution >= 0.6 is 11.6 Å². The summed E-state index contributed by atoms with van der Waals surface area (Å²) < 4.78 is 5.29. The van der Waals surface area contributed by atoms with Gasteiger partial charge in [0.15, 0.2) is 0 Å². The number of halogens is 1. The maximum absolute atomic E-state index is 10.0. The van der Waals surface area contributed by atoms with E-state index in [1.807, 2.05) is 36.4 Å². The molecule has 0 aromatic heterocycles. The summed E-state index contributed by atoms with van der Waals surface area (Å²) in [6.45, 7) is 0.336. The quantitative estimate of drug-likeness (QED) is 0.644. The second-order valence-electron chi connectivity index (χ2n) is 5.01. The van der Waals surface area contributed by atoms with Crippen LogP contribution in [0.3, 0.4) is 0 Å². The molecular formula is C18H15ClN2O2. The average molecular weight is 327 g/mol. The molecule has 3 rings (SSSR count). The van der Waals surface area contributed by atoms with Gasteiger partial charge in [-0.05, 0) is 23.6 Å². The lowest BCUT2D eigenvalue weighted by atomic mass is 10.1. The third-order valence-corrected chi connectivity index (χ3v) is 3.78. The van der Waals surface area contributed by atoms with Crippen molar-refractivity contribution < 1.29 is 9.84 Å². The van der Waals surface area contributed by atoms with Gasteiger partial charge in [-0.3, -0.25) is 0 Å². The van der Waals surface area contributed by atoms with Gasteiger partial charge in [0, 0.05) is 16.0 Å². The molecule has 0 atom stereocenters. The van der Waals surface area contributed by atoms with E-state index in [2.05, 4.69) is 10.2 Å². The number of fused-ring (bicyclic) bond motifs is 1. The zero-order valence-corrected chi connectivity index (χ0v) is 13.3. The van der Waals surface area contributed by atoms with Crippen LogP contribution in [0.1, 0.15) is 5.56 Å². The third kappa shape index (κ3) is 3.27. The minimum Gasteiger partial charge on any atom is -0.506 e. The molecule has 0 aliphatic carbocycles. The van der Waals surface area contributed by atoms with Gasteiger partial charge < -0.3 is 9.84 Å². The van der Waals surface area contributed by atoms with Gasteiger partial charge in [0.25, 0.3) is 0 Å². The van der Waals surface area contributed by atoms with E-state index in [1.54, 1.807) is 25.3 Å². The van der Waals surface area contributed by atoms with Crippen LogP contribution in [0.5, 0.6) is 11.5 Å². The maximum atomic E-state index is 10.0. The molecule has 0 aliphatic heterocycles. The molecule has 1 N–H and O–H groups in total. The number of azo groups is 1. The summed E-state index contributed by atoms with van der Waals surface area (Å²) in [7, 11) is 1.59. The molecule has 23 heavy (non-hydrogen) atoms. The number of phenols is 1. The van der Waals surface area contributed by atoms with Crippen molar-refractivity contribution in [3.63, 3.8) is 0 Å². The predicted molar refractivity (Wildman–Crippen MR) is 91.8 cm³/mol. The second kappa shape index (κ2) is 6.67. The Morgan fingerprint density at radius 1 is 1.09 bits per heavy atom. The zero-order chi connectivity index (χ0) is 16.2. The molecule has 0 heterocycles. The fourth-order valence-corrected chi connectivity index (χ4v) is 2.54. The predicted octanol–water partition coefficient (Wildman–Crippen LogP) is 5.49. The van der Waals surface area contributed by atoms with Crippen LogP contribution in [0.4, 0.5) is 5.69 Å². The molecule has 0 amide bonds. The summed E-state index contributed by atoms with van der Waals surface area (Å²) in [6, 6.07) is 16.6. The number of nitrogens with zero attached hydrogens (tertiary/aromatic N) is 2. The topological polar surface area (TPSA) is 54.2 Å². The Balaban J connectivity index is 1.91. The van der Waals surface area contributed by atoms with Gasteiger partial charge in [-0.25, -0.2) is 0 Å². The van der Waals surface area contributed by atoms with Crippen molar-refractivity contribution in [1.82, 2.24) is 0 Å². The highest BCUT2D eigenvalue weighted by Crippen LogP contribution is 2.35. The van der Waals surface area contributed by atoms with E-state index in [9.17, 15) is 5.11 Å². The molecule has 5 heteroatoms. The fourth-order valence-electron chi connectivity index (χ4n) is 2.38. The summed E-state index contributed by atoms with van der Waals surface area (Å²) >= 11 is 5.94. The Morgan fingerprint density at radius 2 is 1.91 bits per heavy atom. The number of ether oxygens (including phenoxy) is 1. The molecule has 0 saturated heterocycles. The van der Waals surface area contributed by atoms with Crippen LogP contribution in [-0.2, 0) is 6.54 Å². The third-order valence-electron chi connectivity index (χ3n) is 3.54. The Kier molecular flexibility index (Phi) is 4.44. The number of rotatable bonds is 4. The van der Waals surface area contributed by atoms with E-state index >= 15 is 0 Å². The summed E-state index contributed by atoms with van der Waals surface area (Å²) in [5.41, 5.74) is 1.34. The molecule has 0 unspecified atom stereocenters. The first-order valence-electron chi connectivity index (χ1n) is 7.09. The van der Waals surface area contributed by atoms with Crippen molar-refractivity contribution in [3.05, 3.63) is 65.2 Å². The lowest BCUT2D eigenvalue weighted by Crippen LogP contribution is -1.90. The van der Waals surface area contributed by atoms with E-state index in [0.29, 0.717) is 23.0 Å². The summed E-state index contributed by atoms with van der Waals surface area (Å²) in [4.78, 5) is 0. The monoisotopic (exact) mass is 326 g/mol. The SMILES string of the molecule is COc1cc(Cl)ccc1CN=Nc1c(O)ccc2ccccc12. The van der Waals surface area contributed by atoms with Gasteiger partial charge in [-0.15, -0.1) is 0 Å². The number of aromatic hydroxyl groups is 1. The Labute approximate surface area is 139 Å². The van der Waals surface area contributed by atoms with Gasteiger partial charge in [0.2, 0.25) is 0 Å². The lowest BCUT2D eigenvalue weighted by Gasteiger charge is -2.06. The van der Waals surface area contributed by atoms with Crippen molar-refractivity contribution in [2.45, 2.75) is 6.54 Å². The first kappa shape index (κ1) is 15.3. The van der Waals surface area contributed by atoms with Crippen molar-refractivity contribution in [2.24, 2.45) is 10.2 Å². The van der Waals surface area contributed by atoms with Gasteiger partial charge in [0.1, 0.15) is 17.2 Å². The molecule has 3 aromatic carbocycles. The first-order chi connectivity index (χ1) is 11.2. The van der Waals surface area contributed by atoms with E-state index in [0.717, 1.165) is 16.3 Å². The number of hydrogen-bond acceptors (Lipinski definition) is 4. The highest BCUT2D eigenvalue weighted by molar-refractivity contribution is 6.30. The minimum atomic E-state index is 0.107. The van der Waals surface area contributed by atoms with Gasteiger partial charge in [-0.2, -0.15) is 10.2 Å². The maximum Gasteiger partial charge on any atom is 0.143 e. The van der Waals surface area contributed by atoms with Crippen LogP contribution in [0.2, 0.25) is 5.02 Å². The van der Waals surface area contributed by atoms with Crippen molar-refractivity contribution in [2.75, 3.05) is 7.11 Å². The molecule has 0 fully saturated rings.